The molecule has 2 aliphatic rings. The van der Waals surface area contributed by atoms with E-state index in [2.05, 4.69) is 54.8 Å². The van der Waals surface area contributed by atoms with Gasteiger partial charge in [0.2, 0.25) is 0 Å². The average molecular weight is 371 g/mol. The Morgan fingerprint density at radius 2 is 1.63 bits per heavy atom. The molecule has 1 aromatic carbocycles. The predicted molar refractivity (Wildman–Crippen MR) is 115 cm³/mol. The van der Waals surface area contributed by atoms with Crippen molar-refractivity contribution in [1.82, 2.24) is 4.90 Å². The van der Waals surface area contributed by atoms with Gasteiger partial charge < -0.3 is 4.90 Å². The van der Waals surface area contributed by atoms with Crippen molar-refractivity contribution >= 4 is 11.5 Å². The molecule has 27 heavy (non-hydrogen) atoms. The van der Waals surface area contributed by atoms with Gasteiger partial charge in [-0.1, -0.05) is 45.9 Å². The predicted octanol–water partition coefficient (Wildman–Crippen LogP) is 5.11. The third-order valence-electron chi connectivity index (χ3n) is 6.84. The van der Waals surface area contributed by atoms with E-state index in [1.165, 1.54) is 31.4 Å². The fraction of sp³-hybridized carbons (Fsp3) is 0.708. The molecular formula is C24H38N2O. The van der Waals surface area contributed by atoms with E-state index in [4.69, 9.17) is 0 Å². The molecule has 1 aliphatic carbocycles. The molecule has 3 rings (SSSR count). The lowest BCUT2D eigenvalue weighted by Gasteiger charge is -2.40. The highest BCUT2D eigenvalue weighted by atomic mass is 16.1. The molecule has 1 aromatic rings. The van der Waals surface area contributed by atoms with Crippen LogP contribution in [0.2, 0.25) is 0 Å². The van der Waals surface area contributed by atoms with Crippen LogP contribution in [0.1, 0.15) is 71.3 Å². The maximum Gasteiger partial charge on any atom is 0.146 e. The second kappa shape index (κ2) is 8.77. The molecule has 0 bridgehead atoms. The van der Waals surface area contributed by atoms with Gasteiger partial charge in [0.1, 0.15) is 5.78 Å². The Morgan fingerprint density at radius 3 is 2.22 bits per heavy atom. The third-order valence-corrected chi connectivity index (χ3v) is 6.84. The molecule has 1 aliphatic heterocycles. The summed E-state index contributed by atoms with van der Waals surface area (Å²) in [6.45, 7) is 13.8. The van der Waals surface area contributed by atoms with Gasteiger partial charge in [-0.25, -0.2) is 0 Å². The maximum atomic E-state index is 11.7. The molecule has 0 aromatic heterocycles. The van der Waals surface area contributed by atoms with Crippen molar-refractivity contribution < 1.29 is 4.79 Å². The molecule has 0 spiro atoms. The van der Waals surface area contributed by atoms with Crippen LogP contribution >= 0.6 is 0 Å². The number of benzene rings is 1. The van der Waals surface area contributed by atoms with Crippen LogP contribution in [0.4, 0.5) is 5.69 Å². The third kappa shape index (κ3) is 5.13. The summed E-state index contributed by atoms with van der Waals surface area (Å²) in [7, 11) is 0. The lowest BCUT2D eigenvalue weighted by molar-refractivity contribution is -0.119. The molecule has 1 saturated carbocycles. The molecule has 3 heteroatoms. The minimum atomic E-state index is 0.361. The van der Waals surface area contributed by atoms with Crippen LogP contribution in [-0.4, -0.2) is 43.4 Å². The summed E-state index contributed by atoms with van der Waals surface area (Å²) in [5, 5.41) is 0. The summed E-state index contributed by atoms with van der Waals surface area (Å²) < 4.78 is 0. The Hall–Kier alpha value is -1.35. The van der Waals surface area contributed by atoms with Gasteiger partial charge in [0.25, 0.3) is 0 Å². The van der Waals surface area contributed by atoms with Gasteiger partial charge in [-0.15, -0.1) is 0 Å². The van der Waals surface area contributed by atoms with Gasteiger partial charge in [-0.05, 0) is 54.6 Å². The van der Waals surface area contributed by atoms with E-state index in [9.17, 15) is 4.79 Å². The molecule has 1 saturated heterocycles. The van der Waals surface area contributed by atoms with Gasteiger partial charge in [-0.2, -0.15) is 0 Å². The van der Waals surface area contributed by atoms with Crippen LogP contribution in [0.5, 0.6) is 0 Å². The molecule has 2 fully saturated rings. The zero-order chi connectivity index (χ0) is 19.4. The largest absolute Gasteiger partial charge is 0.369 e. The van der Waals surface area contributed by atoms with E-state index in [1.807, 2.05) is 6.92 Å². The second-order valence-corrected chi connectivity index (χ2v) is 9.63. The number of piperazine rings is 1. The van der Waals surface area contributed by atoms with Crippen LogP contribution in [-0.2, 0) is 4.79 Å². The van der Waals surface area contributed by atoms with Crippen molar-refractivity contribution in [3.8, 4) is 0 Å². The van der Waals surface area contributed by atoms with E-state index >= 15 is 0 Å². The smallest absolute Gasteiger partial charge is 0.146 e. The molecular weight excluding hydrogens is 332 g/mol. The number of hydrogen-bond acceptors (Lipinski definition) is 3. The number of anilines is 1. The highest BCUT2D eigenvalue weighted by molar-refractivity contribution is 5.80. The summed E-state index contributed by atoms with van der Waals surface area (Å²) in [6, 6.07) is 9.08. The lowest BCUT2D eigenvalue weighted by Crippen LogP contribution is -2.48. The monoisotopic (exact) mass is 370 g/mol. The minimum Gasteiger partial charge on any atom is -0.369 e. The van der Waals surface area contributed by atoms with Crippen molar-refractivity contribution in [1.29, 1.82) is 0 Å². The maximum absolute atomic E-state index is 11.7. The fourth-order valence-corrected chi connectivity index (χ4v) is 4.90. The Labute approximate surface area is 166 Å². The summed E-state index contributed by atoms with van der Waals surface area (Å²) in [4.78, 5) is 16.6. The first kappa shape index (κ1) is 20.4. The second-order valence-electron chi connectivity index (χ2n) is 9.63. The standard InChI is InChI=1S/C24H38N2O/c1-5-21(27)18-25-14-16-26(17-15-25)23-9-7-6-8-22(23)19-10-12-20(13-11-19)24(2,3)4/h6-9,19-20H,5,10-18H2,1-4H3. The Bertz CT molecular complexity index is 618. The Morgan fingerprint density at radius 1 is 1.00 bits per heavy atom. The quantitative estimate of drug-likeness (QED) is 0.720. The van der Waals surface area contributed by atoms with Gasteiger partial charge in [0.05, 0.1) is 6.54 Å². The molecule has 150 valence electrons. The number of hydrogen-bond donors (Lipinski definition) is 0. The van der Waals surface area contributed by atoms with Crippen molar-refractivity contribution in [2.24, 2.45) is 11.3 Å². The van der Waals surface area contributed by atoms with E-state index in [-0.39, 0.29) is 0 Å². The Kier molecular flexibility index (Phi) is 6.62. The summed E-state index contributed by atoms with van der Waals surface area (Å²) in [6.07, 6.45) is 6.01. The fourth-order valence-electron chi connectivity index (χ4n) is 4.90. The zero-order valence-electron chi connectivity index (χ0n) is 17.8. The van der Waals surface area contributed by atoms with Crippen LogP contribution in [0.3, 0.4) is 0 Å². The van der Waals surface area contributed by atoms with Gasteiger partial charge in [-0.3, -0.25) is 9.69 Å². The number of carbonyl (C=O) groups excluding carboxylic acids is 1. The Balaban J connectivity index is 1.63. The van der Waals surface area contributed by atoms with E-state index in [1.54, 1.807) is 5.56 Å². The first-order chi connectivity index (χ1) is 12.9. The number of rotatable bonds is 5. The van der Waals surface area contributed by atoms with Crippen molar-refractivity contribution in [2.45, 2.75) is 65.7 Å². The van der Waals surface area contributed by atoms with E-state index in [0.29, 0.717) is 30.1 Å². The summed E-state index contributed by atoms with van der Waals surface area (Å²) in [5.41, 5.74) is 3.44. The van der Waals surface area contributed by atoms with Crippen molar-refractivity contribution in [2.75, 3.05) is 37.6 Å². The molecule has 0 radical (unpaired) electrons. The first-order valence-electron chi connectivity index (χ1n) is 11.0. The number of Topliss-reactive ketones (excluding diaryl/α,β-unsaturated/α-hetero) is 1. The van der Waals surface area contributed by atoms with Crippen LogP contribution < -0.4 is 4.90 Å². The highest BCUT2D eigenvalue weighted by Crippen LogP contribution is 2.45. The lowest BCUT2D eigenvalue weighted by atomic mass is 9.68. The van der Waals surface area contributed by atoms with Crippen LogP contribution in [0, 0.1) is 11.3 Å². The molecule has 0 amide bonds. The number of carbonyl (C=O) groups is 1. The molecule has 3 nitrogen and oxygen atoms in total. The summed E-state index contributed by atoms with van der Waals surface area (Å²) in [5.74, 6) is 1.93. The SMILES string of the molecule is CCC(=O)CN1CCN(c2ccccc2C2CCC(C(C)(C)C)CC2)CC1. The molecule has 0 atom stereocenters. The van der Waals surface area contributed by atoms with E-state index < -0.39 is 0 Å². The van der Waals surface area contributed by atoms with Gasteiger partial charge >= 0.3 is 0 Å². The number of nitrogens with zero attached hydrogens (tertiary/aromatic N) is 2. The van der Waals surface area contributed by atoms with Crippen LogP contribution in [0.15, 0.2) is 24.3 Å². The molecule has 0 N–H and O–H groups in total. The van der Waals surface area contributed by atoms with Gasteiger partial charge in [0, 0.05) is 38.3 Å². The normalized spacial score (nSPS) is 24.8. The number of ketones is 1. The van der Waals surface area contributed by atoms with E-state index in [0.717, 1.165) is 32.1 Å². The average Bonchev–Trinajstić information content (AvgIpc) is 2.68. The number of para-hydroxylation sites is 1. The topological polar surface area (TPSA) is 23.6 Å². The zero-order valence-corrected chi connectivity index (χ0v) is 17.8. The van der Waals surface area contributed by atoms with Crippen molar-refractivity contribution in [3.63, 3.8) is 0 Å². The summed E-state index contributed by atoms with van der Waals surface area (Å²) >= 11 is 0. The first-order valence-corrected chi connectivity index (χ1v) is 11.0. The van der Waals surface area contributed by atoms with Gasteiger partial charge in [0.15, 0.2) is 0 Å². The van der Waals surface area contributed by atoms with Crippen LogP contribution in [0.25, 0.3) is 0 Å². The highest BCUT2D eigenvalue weighted by Gasteiger charge is 2.31. The molecule has 0 unspecified atom stereocenters. The van der Waals surface area contributed by atoms with Crippen molar-refractivity contribution in [3.05, 3.63) is 29.8 Å². The minimum absolute atomic E-state index is 0.361. The molecule has 1 heterocycles.